The molecule has 15 heavy (non-hydrogen) atoms. The largest absolute Gasteiger partial charge is 0.444 e. The summed E-state index contributed by atoms with van der Waals surface area (Å²) in [6.07, 6.45) is -0.364. The van der Waals surface area contributed by atoms with Gasteiger partial charge in [0.05, 0.1) is 6.54 Å². The second-order valence-electron chi connectivity index (χ2n) is 4.60. The molecule has 1 saturated heterocycles. The van der Waals surface area contributed by atoms with Crippen molar-refractivity contribution in [3.05, 3.63) is 0 Å². The number of hydrogen-bond donors (Lipinski definition) is 1. The molecule has 0 unspecified atom stereocenters. The topological polar surface area (TPSA) is 50.8 Å². The molecule has 0 aromatic carbocycles. The van der Waals surface area contributed by atoms with Crippen molar-refractivity contribution < 1.29 is 14.3 Å². The first-order valence-corrected chi connectivity index (χ1v) is 5.16. The standard InChI is InChI=1S/C10H20N2O3/c1-10(2,3)15-9(13)12-6-5-11-8(7-12)14-4/h8,11H,5-7H2,1-4H3/t8-/m0/s1. The van der Waals surface area contributed by atoms with Crippen LogP contribution in [0.15, 0.2) is 0 Å². The molecular weight excluding hydrogens is 196 g/mol. The van der Waals surface area contributed by atoms with E-state index < -0.39 is 5.60 Å². The average Bonchev–Trinajstić information content (AvgIpc) is 2.15. The van der Waals surface area contributed by atoms with E-state index in [0.717, 1.165) is 6.54 Å². The third-order valence-corrected chi connectivity index (χ3v) is 2.08. The number of rotatable bonds is 1. The van der Waals surface area contributed by atoms with Gasteiger partial charge >= 0.3 is 6.09 Å². The molecule has 1 atom stereocenters. The number of ether oxygens (including phenoxy) is 2. The lowest BCUT2D eigenvalue weighted by molar-refractivity contribution is -0.0127. The highest BCUT2D eigenvalue weighted by atomic mass is 16.6. The third kappa shape index (κ3) is 4.05. The van der Waals surface area contributed by atoms with E-state index >= 15 is 0 Å². The molecule has 0 aromatic heterocycles. The number of methoxy groups -OCH3 is 1. The van der Waals surface area contributed by atoms with E-state index in [4.69, 9.17) is 9.47 Å². The maximum absolute atomic E-state index is 11.7. The smallest absolute Gasteiger partial charge is 0.410 e. The van der Waals surface area contributed by atoms with Crippen molar-refractivity contribution in [1.82, 2.24) is 10.2 Å². The van der Waals surface area contributed by atoms with Crippen LogP contribution >= 0.6 is 0 Å². The van der Waals surface area contributed by atoms with Crippen molar-refractivity contribution in [1.29, 1.82) is 0 Å². The molecule has 5 nitrogen and oxygen atoms in total. The first kappa shape index (κ1) is 12.3. The maximum atomic E-state index is 11.7. The minimum absolute atomic E-state index is 0.0914. The summed E-state index contributed by atoms with van der Waals surface area (Å²) < 4.78 is 10.4. The van der Waals surface area contributed by atoms with Crippen LogP contribution in [0.3, 0.4) is 0 Å². The number of carbonyl (C=O) groups is 1. The lowest BCUT2D eigenvalue weighted by Crippen LogP contribution is -2.54. The van der Waals surface area contributed by atoms with Crippen LogP contribution in [0.25, 0.3) is 0 Å². The summed E-state index contributed by atoms with van der Waals surface area (Å²) in [5, 5.41) is 3.14. The maximum Gasteiger partial charge on any atom is 0.410 e. The Morgan fingerprint density at radius 3 is 2.67 bits per heavy atom. The summed E-state index contributed by atoms with van der Waals surface area (Å²) in [5.74, 6) is 0. The molecule has 88 valence electrons. The van der Waals surface area contributed by atoms with E-state index in [2.05, 4.69) is 5.32 Å². The van der Waals surface area contributed by atoms with Gasteiger partial charge in [-0.3, -0.25) is 5.32 Å². The van der Waals surface area contributed by atoms with Crippen LogP contribution in [-0.2, 0) is 9.47 Å². The van der Waals surface area contributed by atoms with Gasteiger partial charge in [0, 0.05) is 20.2 Å². The number of carbonyl (C=O) groups excluding carboxylic acids is 1. The number of amides is 1. The molecule has 0 aromatic rings. The zero-order valence-electron chi connectivity index (χ0n) is 9.87. The van der Waals surface area contributed by atoms with Gasteiger partial charge in [-0.05, 0) is 20.8 Å². The summed E-state index contributed by atoms with van der Waals surface area (Å²) in [6.45, 7) is 7.51. The van der Waals surface area contributed by atoms with Crippen LogP contribution in [0, 0.1) is 0 Å². The van der Waals surface area contributed by atoms with Gasteiger partial charge in [0.25, 0.3) is 0 Å². The second-order valence-corrected chi connectivity index (χ2v) is 4.60. The molecule has 1 fully saturated rings. The zero-order valence-corrected chi connectivity index (χ0v) is 9.87. The summed E-state index contributed by atoms with van der Waals surface area (Å²) in [6, 6.07) is 0. The van der Waals surface area contributed by atoms with Gasteiger partial charge in [-0.1, -0.05) is 0 Å². The Morgan fingerprint density at radius 2 is 2.13 bits per heavy atom. The Hall–Kier alpha value is -0.810. The SMILES string of the molecule is CO[C@H]1CN(C(=O)OC(C)(C)C)CCN1. The molecule has 0 spiro atoms. The Labute approximate surface area is 90.7 Å². The van der Waals surface area contributed by atoms with Crippen molar-refractivity contribution in [3.63, 3.8) is 0 Å². The van der Waals surface area contributed by atoms with E-state index in [1.165, 1.54) is 0 Å². The van der Waals surface area contributed by atoms with Crippen molar-refractivity contribution >= 4 is 6.09 Å². The second kappa shape index (κ2) is 4.81. The fourth-order valence-corrected chi connectivity index (χ4v) is 1.37. The fraction of sp³-hybridized carbons (Fsp3) is 0.900. The molecule has 1 N–H and O–H groups in total. The normalized spacial score (nSPS) is 22.7. The number of piperazine rings is 1. The lowest BCUT2D eigenvalue weighted by Gasteiger charge is -2.34. The summed E-state index contributed by atoms with van der Waals surface area (Å²) >= 11 is 0. The van der Waals surface area contributed by atoms with Gasteiger partial charge in [-0.2, -0.15) is 0 Å². The Balaban J connectivity index is 2.45. The molecule has 1 amide bonds. The lowest BCUT2D eigenvalue weighted by atomic mass is 10.2. The Morgan fingerprint density at radius 1 is 1.47 bits per heavy atom. The molecule has 1 aliphatic heterocycles. The first-order valence-electron chi connectivity index (χ1n) is 5.16. The van der Waals surface area contributed by atoms with E-state index in [9.17, 15) is 4.79 Å². The highest BCUT2D eigenvalue weighted by Gasteiger charge is 2.26. The van der Waals surface area contributed by atoms with E-state index in [0.29, 0.717) is 13.1 Å². The van der Waals surface area contributed by atoms with Crippen LogP contribution in [0.4, 0.5) is 4.79 Å². The third-order valence-electron chi connectivity index (χ3n) is 2.08. The van der Waals surface area contributed by atoms with Gasteiger partial charge < -0.3 is 14.4 Å². The summed E-state index contributed by atoms with van der Waals surface area (Å²) in [5.41, 5.74) is -0.440. The predicted molar refractivity (Wildman–Crippen MR) is 56.6 cm³/mol. The fourth-order valence-electron chi connectivity index (χ4n) is 1.37. The minimum atomic E-state index is -0.440. The van der Waals surface area contributed by atoms with Crippen LogP contribution in [0.5, 0.6) is 0 Å². The van der Waals surface area contributed by atoms with Crippen LogP contribution in [0.1, 0.15) is 20.8 Å². The van der Waals surface area contributed by atoms with Gasteiger partial charge in [-0.25, -0.2) is 4.79 Å². The average molecular weight is 216 g/mol. The van der Waals surface area contributed by atoms with Gasteiger partial charge in [0.2, 0.25) is 0 Å². The predicted octanol–water partition coefficient (Wildman–Crippen LogP) is 0.799. The highest BCUT2D eigenvalue weighted by Crippen LogP contribution is 2.11. The molecule has 0 bridgehead atoms. The van der Waals surface area contributed by atoms with Crippen molar-refractivity contribution in [3.8, 4) is 0 Å². The quantitative estimate of drug-likeness (QED) is 0.704. The van der Waals surface area contributed by atoms with Crippen LogP contribution < -0.4 is 5.32 Å². The molecule has 0 saturated carbocycles. The molecule has 1 heterocycles. The van der Waals surface area contributed by atoms with E-state index in [1.54, 1.807) is 12.0 Å². The van der Waals surface area contributed by atoms with Gasteiger partial charge in [0.1, 0.15) is 11.8 Å². The Kier molecular flexibility index (Phi) is 3.93. The van der Waals surface area contributed by atoms with Gasteiger partial charge in [-0.15, -0.1) is 0 Å². The highest BCUT2D eigenvalue weighted by molar-refractivity contribution is 5.68. The van der Waals surface area contributed by atoms with Crippen LogP contribution in [0.2, 0.25) is 0 Å². The molecule has 1 rings (SSSR count). The monoisotopic (exact) mass is 216 g/mol. The summed E-state index contributed by atoms with van der Waals surface area (Å²) in [4.78, 5) is 13.4. The minimum Gasteiger partial charge on any atom is -0.444 e. The molecule has 0 radical (unpaired) electrons. The van der Waals surface area contributed by atoms with Crippen molar-refractivity contribution in [2.75, 3.05) is 26.7 Å². The molecule has 1 aliphatic rings. The number of nitrogens with one attached hydrogen (secondary N) is 1. The molecule has 0 aliphatic carbocycles. The zero-order chi connectivity index (χ0) is 11.5. The molecule has 5 heteroatoms. The van der Waals surface area contributed by atoms with E-state index in [1.807, 2.05) is 20.8 Å². The summed E-state index contributed by atoms with van der Waals surface area (Å²) in [7, 11) is 1.62. The molecular formula is C10H20N2O3. The van der Waals surface area contributed by atoms with Crippen LogP contribution in [-0.4, -0.2) is 49.6 Å². The first-order chi connectivity index (χ1) is 6.92. The van der Waals surface area contributed by atoms with Crippen molar-refractivity contribution in [2.45, 2.75) is 32.6 Å². The Bertz CT molecular complexity index is 225. The number of hydrogen-bond acceptors (Lipinski definition) is 4. The van der Waals surface area contributed by atoms with Gasteiger partial charge in [0.15, 0.2) is 0 Å². The van der Waals surface area contributed by atoms with Crippen molar-refractivity contribution in [2.24, 2.45) is 0 Å². The number of nitrogens with zero attached hydrogens (tertiary/aromatic N) is 1. The van der Waals surface area contributed by atoms with E-state index in [-0.39, 0.29) is 12.3 Å².